The summed E-state index contributed by atoms with van der Waals surface area (Å²) in [5.41, 5.74) is 1.57. The first-order valence-electron chi connectivity index (χ1n) is 4.67. The molecule has 2 rings (SSSR count). The Balaban J connectivity index is 2.32. The molecule has 0 aromatic carbocycles. The van der Waals surface area contributed by atoms with E-state index in [0.717, 1.165) is 11.3 Å². The van der Waals surface area contributed by atoms with Gasteiger partial charge in [-0.1, -0.05) is 6.92 Å². The van der Waals surface area contributed by atoms with Crippen molar-refractivity contribution in [2.75, 3.05) is 0 Å². The van der Waals surface area contributed by atoms with E-state index in [1.165, 1.54) is 0 Å². The Kier molecular flexibility index (Phi) is 2.37. The van der Waals surface area contributed by atoms with Gasteiger partial charge >= 0.3 is 5.97 Å². The lowest BCUT2D eigenvalue weighted by Gasteiger charge is -2.02. The van der Waals surface area contributed by atoms with Crippen molar-refractivity contribution in [2.24, 2.45) is 0 Å². The van der Waals surface area contributed by atoms with E-state index in [0.29, 0.717) is 0 Å². The summed E-state index contributed by atoms with van der Waals surface area (Å²) in [7, 11) is 0. The Morgan fingerprint density at radius 1 is 1.67 bits per heavy atom. The van der Waals surface area contributed by atoms with Gasteiger partial charge in [-0.15, -0.1) is 0 Å². The van der Waals surface area contributed by atoms with E-state index in [9.17, 15) is 4.79 Å². The second-order valence-corrected chi connectivity index (χ2v) is 3.51. The van der Waals surface area contributed by atoms with E-state index in [2.05, 4.69) is 9.97 Å². The molecule has 2 aromatic heterocycles. The van der Waals surface area contributed by atoms with Gasteiger partial charge in [0.1, 0.15) is 12.0 Å². The highest BCUT2D eigenvalue weighted by atomic mass is 16.4. The molecule has 0 saturated heterocycles. The molecular weight excluding hydrogens is 194 g/mol. The number of hydrogen-bond acceptors (Lipinski definition) is 3. The minimum absolute atomic E-state index is 0.0811. The van der Waals surface area contributed by atoms with Crippen molar-refractivity contribution < 1.29 is 9.90 Å². The van der Waals surface area contributed by atoms with E-state index < -0.39 is 5.97 Å². The molecule has 0 aliphatic heterocycles. The molecule has 0 aliphatic rings. The van der Waals surface area contributed by atoms with Crippen LogP contribution in [-0.2, 0) is 4.79 Å². The molecule has 1 N–H and O–H groups in total. The van der Waals surface area contributed by atoms with Gasteiger partial charge < -0.3 is 5.11 Å². The van der Waals surface area contributed by atoms with Crippen LogP contribution in [0.1, 0.15) is 25.0 Å². The standard InChI is InChI=1S/C10H11N3O2/c1-7(4-10(14)15)8-5-13-6-11-3-2-9(13)12-8/h2-3,5-7H,4H2,1H3,(H,14,15). The molecule has 1 unspecified atom stereocenters. The number of aromatic nitrogens is 3. The summed E-state index contributed by atoms with van der Waals surface area (Å²) in [6.07, 6.45) is 5.22. The lowest BCUT2D eigenvalue weighted by molar-refractivity contribution is -0.137. The second-order valence-electron chi connectivity index (χ2n) is 3.51. The Morgan fingerprint density at radius 3 is 3.13 bits per heavy atom. The van der Waals surface area contributed by atoms with Crippen LogP contribution < -0.4 is 0 Å². The number of hydrogen-bond donors (Lipinski definition) is 1. The van der Waals surface area contributed by atoms with Gasteiger partial charge in [0.25, 0.3) is 0 Å². The summed E-state index contributed by atoms with van der Waals surface area (Å²) < 4.78 is 1.79. The molecule has 0 bridgehead atoms. The summed E-state index contributed by atoms with van der Waals surface area (Å²) in [6, 6.07) is 1.79. The SMILES string of the molecule is CC(CC(=O)O)c1cn2cnccc2n1. The van der Waals surface area contributed by atoms with Gasteiger partial charge in [0.05, 0.1) is 12.1 Å². The Labute approximate surface area is 86.4 Å². The molecule has 5 heteroatoms. The van der Waals surface area contributed by atoms with Crippen molar-refractivity contribution in [3.05, 3.63) is 30.5 Å². The van der Waals surface area contributed by atoms with Crippen LogP contribution in [0.25, 0.3) is 5.65 Å². The van der Waals surface area contributed by atoms with Gasteiger partial charge in [0.2, 0.25) is 0 Å². The fourth-order valence-corrected chi connectivity index (χ4v) is 1.47. The molecule has 2 heterocycles. The average Bonchev–Trinajstić information content (AvgIpc) is 2.59. The molecule has 78 valence electrons. The topological polar surface area (TPSA) is 67.5 Å². The van der Waals surface area contributed by atoms with Crippen molar-refractivity contribution in [3.8, 4) is 0 Å². The van der Waals surface area contributed by atoms with Crippen LogP contribution in [0.4, 0.5) is 0 Å². The normalized spacial score (nSPS) is 12.9. The fraction of sp³-hybridized carbons (Fsp3) is 0.300. The number of aliphatic carboxylic acids is 1. The van der Waals surface area contributed by atoms with Crippen molar-refractivity contribution >= 4 is 11.6 Å². The smallest absolute Gasteiger partial charge is 0.304 e. The third-order valence-electron chi connectivity index (χ3n) is 2.27. The lowest BCUT2D eigenvalue weighted by Crippen LogP contribution is -2.02. The molecule has 1 atom stereocenters. The van der Waals surface area contributed by atoms with Gasteiger partial charge in [0.15, 0.2) is 0 Å². The predicted octanol–water partition coefficient (Wildman–Crippen LogP) is 1.31. The maximum atomic E-state index is 10.6. The highest BCUT2D eigenvalue weighted by Gasteiger charge is 2.13. The molecule has 0 saturated carbocycles. The lowest BCUT2D eigenvalue weighted by atomic mass is 10.1. The maximum Gasteiger partial charge on any atom is 0.304 e. The number of imidazole rings is 1. The van der Waals surface area contributed by atoms with Gasteiger partial charge in [0, 0.05) is 18.3 Å². The predicted molar refractivity (Wildman–Crippen MR) is 53.7 cm³/mol. The van der Waals surface area contributed by atoms with Crippen LogP contribution >= 0.6 is 0 Å². The van der Waals surface area contributed by atoms with E-state index in [4.69, 9.17) is 5.11 Å². The van der Waals surface area contributed by atoms with Crippen molar-refractivity contribution in [1.29, 1.82) is 0 Å². The first kappa shape index (κ1) is 9.64. The molecule has 0 radical (unpaired) electrons. The van der Waals surface area contributed by atoms with E-state index in [-0.39, 0.29) is 12.3 Å². The summed E-state index contributed by atoms with van der Waals surface area (Å²) in [5.74, 6) is -0.889. The zero-order chi connectivity index (χ0) is 10.8. The quantitative estimate of drug-likeness (QED) is 0.820. The molecule has 5 nitrogen and oxygen atoms in total. The molecule has 0 spiro atoms. The first-order chi connectivity index (χ1) is 7.16. The van der Waals surface area contributed by atoms with Gasteiger partial charge in [-0.3, -0.25) is 9.20 Å². The van der Waals surface area contributed by atoms with Crippen LogP contribution in [-0.4, -0.2) is 25.4 Å². The summed E-state index contributed by atoms with van der Waals surface area (Å²) in [4.78, 5) is 18.8. The fourth-order valence-electron chi connectivity index (χ4n) is 1.47. The van der Waals surface area contributed by atoms with E-state index in [1.54, 1.807) is 23.0 Å². The largest absolute Gasteiger partial charge is 0.481 e. The third-order valence-corrected chi connectivity index (χ3v) is 2.27. The van der Waals surface area contributed by atoms with Crippen LogP contribution in [0.15, 0.2) is 24.8 Å². The summed E-state index contributed by atoms with van der Waals surface area (Å²) >= 11 is 0. The number of carboxylic acids is 1. The molecule has 0 aliphatic carbocycles. The Bertz CT molecular complexity index is 459. The minimum atomic E-state index is -0.808. The van der Waals surface area contributed by atoms with Crippen LogP contribution in [0.2, 0.25) is 0 Å². The second kappa shape index (κ2) is 3.68. The zero-order valence-electron chi connectivity index (χ0n) is 8.29. The molecule has 2 aromatic rings. The van der Waals surface area contributed by atoms with Gasteiger partial charge in [-0.05, 0) is 6.07 Å². The van der Waals surface area contributed by atoms with Crippen LogP contribution in [0, 0.1) is 0 Å². The molecular formula is C10H11N3O2. The van der Waals surface area contributed by atoms with Gasteiger partial charge in [-0.2, -0.15) is 0 Å². The van der Waals surface area contributed by atoms with E-state index >= 15 is 0 Å². The van der Waals surface area contributed by atoms with Gasteiger partial charge in [-0.25, -0.2) is 9.97 Å². The molecule has 0 amide bonds. The van der Waals surface area contributed by atoms with Crippen molar-refractivity contribution in [2.45, 2.75) is 19.3 Å². The highest BCUT2D eigenvalue weighted by molar-refractivity contribution is 5.67. The van der Waals surface area contributed by atoms with Crippen molar-refractivity contribution in [3.63, 3.8) is 0 Å². The molecule has 0 fully saturated rings. The highest BCUT2D eigenvalue weighted by Crippen LogP contribution is 2.18. The third kappa shape index (κ3) is 1.96. The number of nitrogens with zero attached hydrogens (tertiary/aromatic N) is 3. The summed E-state index contributed by atoms with van der Waals surface area (Å²) in [5, 5.41) is 8.67. The molecule has 15 heavy (non-hydrogen) atoms. The zero-order valence-corrected chi connectivity index (χ0v) is 8.29. The number of carbonyl (C=O) groups is 1. The summed E-state index contributed by atoms with van der Waals surface area (Å²) in [6.45, 7) is 1.85. The Hall–Kier alpha value is -1.91. The first-order valence-corrected chi connectivity index (χ1v) is 4.67. The number of rotatable bonds is 3. The Morgan fingerprint density at radius 2 is 2.47 bits per heavy atom. The monoisotopic (exact) mass is 205 g/mol. The maximum absolute atomic E-state index is 10.6. The van der Waals surface area contributed by atoms with Crippen LogP contribution in [0.5, 0.6) is 0 Å². The number of fused-ring (bicyclic) bond motifs is 1. The minimum Gasteiger partial charge on any atom is -0.481 e. The average molecular weight is 205 g/mol. The van der Waals surface area contributed by atoms with Crippen LogP contribution in [0.3, 0.4) is 0 Å². The van der Waals surface area contributed by atoms with Crippen molar-refractivity contribution in [1.82, 2.24) is 14.4 Å². The number of carboxylic acid groups (broad SMARTS) is 1. The van der Waals surface area contributed by atoms with E-state index in [1.807, 2.05) is 13.1 Å².